The summed E-state index contributed by atoms with van der Waals surface area (Å²) < 4.78 is 8.07. The van der Waals surface area contributed by atoms with Crippen molar-refractivity contribution < 1.29 is 4.42 Å². The maximum atomic E-state index is 6.01. The number of hydrogen-bond donors (Lipinski definition) is 1. The van der Waals surface area contributed by atoms with E-state index in [1.165, 1.54) is 0 Å². The fourth-order valence-corrected chi connectivity index (χ4v) is 2.91. The first-order valence-corrected chi connectivity index (χ1v) is 7.88. The predicted molar refractivity (Wildman–Crippen MR) is 92.2 cm³/mol. The summed E-state index contributed by atoms with van der Waals surface area (Å²) in [7, 11) is 4.05. The molecule has 4 aromatic rings. The van der Waals surface area contributed by atoms with Gasteiger partial charge in [-0.1, -0.05) is 12.1 Å². The first-order chi connectivity index (χ1) is 11.7. The summed E-state index contributed by atoms with van der Waals surface area (Å²) in [4.78, 5) is 14.2. The highest BCUT2D eigenvalue weighted by Crippen LogP contribution is 2.25. The van der Waals surface area contributed by atoms with Crippen molar-refractivity contribution in [2.24, 2.45) is 7.05 Å². The van der Waals surface area contributed by atoms with Crippen LogP contribution in [0.3, 0.4) is 0 Å². The average molecular weight is 321 g/mol. The van der Waals surface area contributed by atoms with Crippen LogP contribution in [0.4, 0.5) is 0 Å². The number of rotatable bonds is 5. The minimum atomic E-state index is 0.713. The molecule has 4 rings (SSSR count). The zero-order valence-corrected chi connectivity index (χ0v) is 13.7. The molecular formula is C18H19N5O. The Hall–Kier alpha value is -2.86. The van der Waals surface area contributed by atoms with E-state index in [0.717, 1.165) is 40.7 Å². The van der Waals surface area contributed by atoms with Crippen molar-refractivity contribution in [1.29, 1.82) is 0 Å². The molecule has 0 saturated carbocycles. The summed E-state index contributed by atoms with van der Waals surface area (Å²) in [5, 5.41) is 0. The zero-order chi connectivity index (χ0) is 16.5. The lowest BCUT2D eigenvalue weighted by Crippen LogP contribution is -2.17. The second-order valence-corrected chi connectivity index (χ2v) is 5.96. The molecule has 6 heteroatoms. The van der Waals surface area contributed by atoms with Crippen molar-refractivity contribution in [1.82, 2.24) is 24.4 Å². The molecular weight excluding hydrogens is 302 g/mol. The van der Waals surface area contributed by atoms with E-state index in [1.54, 1.807) is 6.20 Å². The first-order valence-electron chi connectivity index (χ1n) is 7.88. The summed E-state index contributed by atoms with van der Waals surface area (Å²) >= 11 is 0. The van der Waals surface area contributed by atoms with Crippen molar-refractivity contribution in [2.75, 3.05) is 7.05 Å². The Morgan fingerprint density at radius 3 is 2.83 bits per heavy atom. The highest BCUT2D eigenvalue weighted by atomic mass is 16.3. The highest BCUT2D eigenvalue weighted by molar-refractivity contribution is 5.79. The van der Waals surface area contributed by atoms with Crippen molar-refractivity contribution in [3.8, 4) is 11.6 Å². The molecule has 1 aromatic carbocycles. The van der Waals surface area contributed by atoms with Gasteiger partial charge in [-0.25, -0.2) is 9.97 Å². The molecule has 3 aromatic heterocycles. The molecule has 0 aliphatic carbocycles. The number of fused-ring (bicyclic) bond motifs is 1. The third-order valence-electron chi connectivity index (χ3n) is 4.07. The molecule has 0 atom stereocenters. The Morgan fingerprint density at radius 1 is 1.17 bits per heavy atom. The topological polar surface area (TPSA) is 62.9 Å². The van der Waals surface area contributed by atoms with Gasteiger partial charge in [-0.3, -0.25) is 4.90 Å². The Kier molecular flexibility index (Phi) is 3.66. The van der Waals surface area contributed by atoms with E-state index in [2.05, 4.69) is 30.5 Å². The predicted octanol–water partition coefficient (Wildman–Crippen LogP) is 3.19. The molecule has 6 nitrogen and oxygen atoms in total. The lowest BCUT2D eigenvalue weighted by molar-refractivity contribution is 0.283. The molecule has 0 spiro atoms. The van der Waals surface area contributed by atoms with E-state index in [-0.39, 0.29) is 0 Å². The van der Waals surface area contributed by atoms with E-state index in [0.29, 0.717) is 6.54 Å². The first kappa shape index (κ1) is 14.7. The molecule has 0 bridgehead atoms. The van der Waals surface area contributed by atoms with Gasteiger partial charge in [0.2, 0.25) is 0 Å². The SMILES string of the molecule is CN(Cc1ncc[nH]1)Cc1ccc(-c2nc3ccccc3n2C)o1. The van der Waals surface area contributed by atoms with Crippen LogP contribution in [0.1, 0.15) is 11.6 Å². The number of nitrogens with zero attached hydrogens (tertiary/aromatic N) is 4. The van der Waals surface area contributed by atoms with Gasteiger partial charge in [-0.2, -0.15) is 0 Å². The lowest BCUT2D eigenvalue weighted by Gasteiger charge is -2.13. The molecule has 0 saturated heterocycles. The van der Waals surface area contributed by atoms with Crippen molar-refractivity contribution in [2.45, 2.75) is 13.1 Å². The molecule has 3 heterocycles. The number of aromatic amines is 1. The Bertz CT molecular complexity index is 951. The van der Waals surface area contributed by atoms with Crippen LogP contribution in [-0.4, -0.2) is 31.5 Å². The molecule has 0 fully saturated rings. The molecule has 24 heavy (non-hydrogen) atoms. The quantitative estimate of drug-likeness (QED) is 0.613. The number of imidazole rings is 2. The van der Waals surface area contributed by atoms with Gasteiger partial charge in [-0.15, -0.1) is 0 Å². The smallest absolute Gasteiger partial charge is 0.176 e. The number of furan rings is 1. The van der Waals surface area contributed by atoms with Crippen LogP contribution in [0.2, 0.25) is 0 Å². The standard InChI is InChI=1S/C18H19N5O/c1-22(12-17-19-9-10-20-17)11-13-7-8-16(24-13)18-21-14-5-3-4-6-15(14)23(18)2/h3-10H,11-12H2,1-2H3,(H,19,20). The third-order valence-corrected chi connectivity index (χ3v) is 4.07. The van der Waals surface area contributed by atoms with Crippen LogP contribution in [0.5, 0.6) is 0 Å². The summed E-state index contributed by atoms with van der Waals surface area (Å²) in [5.74, 6) is 3.48. The normalized spacial score (nSPS) is 11.6. The van der Waals surface area contributed by atoms with E-state index in [4.69, 9.17) is 4.42 Å². The fraction of sp³-hybridized carbons (Fsp3) is 0.222. The Balaban J connectivity index is 1.54. The van der Waals surface area contributed by atoms with Crippen LogP contribution < -0.4 is 0 Å². The summed E-state index contributed by atoms with van der Waals surface area (Å²) in [6.45, 7) is 1.46. The molecule has 1 N–H and O–H groups in total. The number of benzene rings is 1. The number of H-pyrrole nitrogens is 1. The molecule has 0 amide bonds. The van der Waals surface area contributed by atoms with Crippen LogP contribution in [0, 0.1) is 0 Å². The molecule has 0 aliphatic rings. The highest BCUT2D eigenvalue weighted by Gasteiger charge is 2.14. The van der Waals surface area contributed by atoms with Gasteiger partial charge in [0.15, 0.2) is 11.6 Å². The largest absolute Gasteiger partial charge is 0.456 e. The number of hydrogen-bond acceptors (Lipinski definition) is 4. The average Bonchev–Trinajstić information content (AvgIpc) is 3.29. The van der Waals surface area contributed by atoms with Crippen LogP contribution >= 0.6 is 0 Å². The Labute approximate surface area is 139 Å². The van der Waals surface area contributed by atoms with E-state index in [9.17, 15) is 0 Å². The monoisotopic (exact) mass is 321 g/mol. The second kappa shape index (κ2) is 5.98. The van der Waals surface area contributed by atoms with Gasteiger partial charge in [-0.05, 0) is 31.3 Å². The lowest BCUT2D eigenvalue weighted by atomic mass is 10.3. The minimum Gasteiger partial charge on any atom is -0.456 e. The summed E-state index contributed by atoms with van der Waals surface area (Å²) in [5.41, 5.74) is 2.07. The van der Waals surface area contributed by atoms with Crippen molar-refractivity contribution >= 4 is 11.0 Å². The maximum absolute atomic E-state index is 6.01. The van der Waals surface area contributed by atoms with Crippen LogP contribution in [0.25, 0.3) is 22.6 Å². The van der Waals surface area contributed by atoms with Gasteiger partial charge in [0.25, 0.3) is 0 Å². The fourth-order valence-electron chi connectivity index (χ4n) is 2.91. The van der Waals surface area contributed by atoms with E-state index >= 15 is 0 Å². The van der Waals surface area contributed by atoms with Crippen molar-refractivity contribution in [3.63, 3.8) is 0 Å². The van der Waals surface area contributed by atoms with E-state index < -0.39 is 0 Å². The Morgan fingerprint density at radius 2 is 2.04 bits per heavy atom. The summed E-state index contributed by atoms with van der Waals surface area (Å²) in [6.07, 6.45) is 3.60. The third kappa shape index (κ3) is 2.72. The van der Waals surface area contributed by atoms with Gasteiger partial charge < -0.3 is 14.0 Å². The van der Waals surface area contributed by atoms with Gasteiger partial charge in [0.1, 0.15) is 11.6 Å². The number of aromatic nitrogens is 4. The molecule has 0 unspecified atom stereocenters. The second-order valence-electron chi connectivity index (χ2n) is 5.96. The minimum absolute atomic E-state index is 0.713. The molecule has 0 aliphatic heterocycles. The van der Waals surface area contributed by atoms with Gasteiger partial charge in [0.05, 0.1) is 24.1 Å². The zero-order valence-electron chi connectivity index (χ0n) is 13.7. The van der Waals surface area contributed by atoms with Gasteiger partial charge in [0, 0.05) is 19.4 Å². The van der Waals surface area contributed by atoms with Crippen LogP contribution in [0.15, 0.2) is 53.2 Å². The van der Waals surface area contributed by atoms with Gasteiger partial charge >= 0.3 is 0 Å². The number of nitrogens with one attached hydrogen (secondary N) is 1. The number of para-hydroxylation sites is 2. The molecule has 0 radical (unpaired) electrons. The van der Waals surface area contributed by atoms with Crippen LogP contribution in [-0.2, 0) is 20.1 Å². The van der Waals surface area contributed by atoms with Crippen molar-refractivity contribution in [3.05, 3.63) is 60.4 Å². The molecule has 122 valence electrons. The summed E-state index contributed by atoms with van der Waals surface area (Å²) in [6, 6.07) is 12.1. The van der Waals surface area contributed by atoms with E-state index in [1.807, 2.05) is 50.6 Å². The number of aryl methyl sites for hydroxylation is 1. The maximum Gasteiger partial charge on any atom is 0.176 e.